The molecule has 0 saturated carbocycles. The number of amides is 1. The van der Waals surface area contributed by atoms with Gasteiger partial charge < -0.3 is 10.4 Å². The number of carbonyl (C=O) groups excluding carboxylic acids is 1. The maximum Gasteiger partial charge on any atom is 0.255 e. The second-order valence-electron chi connectivity index (χ2n) is 4.16. The van der Waals surface area contributed by atoms with Gasteiger partial charge in [-0.05, 0) is 30.2 Å². The number of nitrogens with one attached hydrogen (secondary N) is 1. The number of hydrogen-bond acceptors (Lipinski definition) is 3. The molecule has 4 heteroatoms. The molecule has 0 aliphatic carbocycles. The van der Waals surface area contributed by atoms with Crippen LogP contribution in [-0.2, 0) is 13.0 Å². The third kappa shape index (κ3) is 3.10. The average molecular weight is 256 g/mol. The monoisotopic (exact) mass is 256 g/mol. The fraction of sp³-hybridized carbons (Fsp3) is 0.200. The van der Waals surface area contributed by atoms with E-state index in [-0.39, 0.29) is 17.2 Å². The first kappa shape index (κ1) is 13.1. The topological polar surface area (TPSA) is 62.2 Å². The molecule has 0 bridgehead atoms. The molecule has 0 aliphatic rings. The number of aromatic nitrogens is 1. The Hall–Kier alpha value is -2.36. The van der Waals surface area contributed by atoms with Gasteiger partial charge in [-0.2, -0.15) is 0 Å². The minimum atomic E-state index is -0.300. The van der Waals surface area contributed by atoms with Crippen molar-refractivity contribution < 1.29 is 9.90 Å². The first-order chi connectivity index (χ1) is 9.22. The number of aromatic hydroxyl groups is 1. The molecule has 1 aromatic heterocycles. The van der Waals surface area contributed by atoms with E-state index in [1.54, 1.807) is 24.4 Å². The van der Waals surface area contributed by atoms with Gasteiger partial charge in [0.2, 0.25) is 0 Å². The van der Waals surface area contributed by atoms with Gasteiger partial charge in [0.1, 0.15) is 5.75 Å². The highest BCUT2D eigenvalue weighted by molar-refractivity contribution is 5.96. The molecule has 1 aromatic carbocycles. The van der Waals surface area contributed by atoms with E-state index in [2.05, 4.69) is 10.3 Å². The fourth-order valence-electron chi connectivity index (χ4n) is 1.88. The van der Waals surface area contributed by atoms with Gasteiger partial charge in [0.25, 0.3) is 5.91 Å². The van der Waals surface area contributed by atoms with Crippen LogP contribution < -0.4 is 5.32 Å². The lowest BCUT2D eigenvalue weighted by Gasteiger charge is -2.09. The Kier molecular flexibility index (Phi) is 4.13. The van der Waals surface area contributed by atoms with Crippen LogP contribution in [0.1, 0.15) is 28.5 Å². The van der Waals surface area contributed by atoms with Crippen LogP contribution in [0.15, 0.2) is 42.6 Å². The molecule has 0 radical (unpaired) electrons. The van der Waals surface area contributed by atoms with E-state index in [9.17, 15) is 9.90 Å². The van der Waals surface area contributed by atoms with Crippen molar-refractivity contribution in [3.63, 3.8) is 0 Å². The van der Waals surface area contributed by atoms with Crippen molar-refractivity contribution in [1.29, 1.82) is 0 Å². The molecule has 0 saturated heterocycles. The SMILES string of the molecule is CCc1cccnc1CNC(=O)c1ccccc1O. The first-order valence-electron chi connectivity index (χ1n) is 6.21. The van der Waals surface area contributed by atoms with Gasteiger partial charge in [-0.3, -0.25) is 9.78 Å². The molecule has 4 nitrogen and oxygen atoms in total. The number of para-hydroxylation sites is 1. The van der Waals surface area contributed by atoms with E-state index in [1.165, 1.54) is 6.07 Å². The lowest BCUT2D eigenvalue weighted by atomic mass is 10.1. The molecule has 0 aliphatic heterocycles. The predicted octanol–water partition coefficient (Wildman–Crippen LogP) is 2.28. The summed E-state index contributed by atoms with van der Waals surface area (Å²) in [6, 6.07) is 10.4. The lowest BCUT2D eigenvalue weighted by Crippen LogP contribution is -2.24. The van der Waals surface area contributed by atoms with Gasteiger partial charge in [-0.1, -0.05) is 25.1 Å². The quantitative estimate of drug-likeness (QED) is 0.882. The number of rotatable bonds is 4. The Morgan fingerprint density at radius 2 is 2.05 bits per heavy atom. The second-order valence-corrected chi connectivity index (χ2v) is 4.16. The number of carbonyl (C=O) groups is 1. The number of phenolic OH excluding ortho intramolecular Hbond substituents is 1. The maximum absolute atomic E-state index is 11.9. The molecule has 1 amide bonds. The van der Waals surface area contributed by atoms with E-state index >= 15 is 0 Å². The van der Waals surface area contributed by atoms with Crippen LogP contribution in [0.25, 0.3) is 0 Å². The van der Waals surface area contributed by atoms with E-state index in [0.717, 1.165) is 17.7 Å². The summed E-state index contributed by atoms with van der Waals surface area (Å²) in [6.45, 7) is 2.41. The first-order valence-corrected chi connectivity index (χ1v) is 6.21. The van der Waals surface area contributed by atoms with E-state index in [1.807, 2.05) is 19.1 Å². The molecule has 1 heterocycles. The minimum Gasteiger partial charge on any atom is -0.507 e. The normalized spacial score (nSPS) is 10.2. The third-order valence-electron chi connectivity index (χ3n) is 2.93. The van der Waals surface area contributed by atoms with Crippen LogP contribution in [0.4, 0.5) is 0 Å². The van der Waals surface area contributed by atoms with Gasteiger partial charge in [0, 0.05) is 6.20 Å². The summed E-state index contributed by atoms with van der Waals surface area (Å²) in [7, 11) is 0. The van der Waals surface area contributed by atoms with Crippen molar-refractivity contribution in [1.82, 2.24) is 10.3 Å². The summed E-state index contributed by atoms with van der Waals surface area (Å²) in [5.74, 6) is -0.317. The van der Waals surface area contributed by atoms with Crippen molar-refractivity contribution in [2.24, 2.45) is 0 Å². The molecular weight excluding hydrogens is 240 g/mol. The Balaban J connectivity index is 2.07. The van der Waals surface area contributed by atoms with Crippen LogP contribution in [0.3, 0.4) is 0 Å². The molecule has 0 unspecified atom stereocenters. The molecule has 19 heavy (non-hydrogen) atoms. The summed E-state index contributed by atoms with van der Waals surface area (Å²) in [4.78, 5) is 16.2. The van der Waals surface area contributed by atoms with Crippen LogP contribution in [0, 0.1) is 0 Å². The van der Waals surface area contributed by atoms with Crippen LogP contribution in [0.2, 0.25) is 0 Å². The van der Waals surface area contributed by atoms with Crippen molar-refractivity contribution >= 4 is 5.91 Å². The maximum atomic E-state index is 11.9. The number of nitrogens with zero attached hydrogens (tertiary/aromatic N) is 1. The molecule has 2 aromatic rings. The van der Waals surface area contributed by atoms with Gasteiger partial charge >= 0.3 is 0 Å². The van der Waals surface area contributed by atoms with Gasteiger partial charge in [0.05, 0.1) is 17.8 Å². The summed E-state index contributed by atoms with van der Waals surface area (Å²) in [5.41, 5.74) is 2.24. The third-order valence-corrected chi connectivity index (χ3v) is 2.93. The highest BCUT2D eigenvalue weighted by atomic mass is 16.3. The Labute approximate surface area is 112 Å². The van der Waals surface area contributed by atoms with Crippen LogP contribution >= 0.6 is 0 Å². The fourth-order valence-corrected chi connectivity index (χ4v) is 1.88. The average Bonchev–Trinajstić information content (AvgIpc) is 2.45. The number of pyridine rings is 1. The number of aryl methyl sites for hydroxylation is 1. The standard InChI is InChI=1S/C15H16N2O2/c1-2-11-6-5-9-16-13(11)10-17-15(19)12-7-3-4-8-14(12)18/h3-9,18H,2,10H2,1H3,(H,17,19). The van der Waals surface area contributed by atoms with E-state index in [4.69, 9.17) is 0 Å². The van der Waals surface area contributed by atoms with E-state index in [0.29, 0.717) is 6.54 Å². The predicted molar refractivity (Wildman–Crippen MR) is 72.9 cm³/mol. The molecule has 0 spiro atoms. The summed E-state index contributed by atoms with van der Waals surface area (Å²) < 4.78 is 0. The van der Waals surface area contributed by atoms with Crippen molar-refractivity contribution in [2.45, 2.75) is 19.9 Å². The number of hydrogen-bond donors (Lipinski definition) is 2. The summed E-state index contributed by atoms with van der Waals surface area (Å²) in [5, 5.41) is 12.4. The summed E-state index contributed by atoms with van der Waals surface area (Å²) >= 11 is 0. The van der Waals surface area contributed by atoms with Gasteiger partial charge in [-0.25, -0.2) is 0 Å². The van der Waals surface area contributed by atoms with Crippen LogP contribution in [0.5, 0.6) is 5.75 Å². The van der Waals surface area contributed by atoms with Crippen molar-refractivity contribution in [2.75, 3.05) is 0 Å². The van der Waals surface area contributed by atoms with Crippen molar-refractivity contribution in [3.05, 3.63) is 59.4 Å². The number of benzene rings is 1. The van der Waals surface area contributed by atoms with E-state index < -0.39 is 0 Å². The van der Waals surface area contributed by atoms with Crippen LogP contribution in [-0.4, -0.2) is 16.0 Å². The molecule has 98 valence electrons. The highest BCUT2D eigenvalue weighted by Gasteiger charge is 2.10. The zero-order chi connectivity index (χ0) is 13.7. The molecule has 0 atom stereocenters. The molecular formula is C15H16N2O2. The largest absolute Gasteiger partial charge is 0.507 e. The zero-order valence-electron chi connectivity index (χ0n) is 10.8. The molecule has 0 fully saturated rings. The second kappa shape index (κ2) is 6.00. The van der Waals surface area contributed by atoms with Crippen molar-refractivity contribution in [3.8, 4) is 5.75 Å². The summed E-state index contributed by atoms with van der Waals surface area (Å²) in [6.07, 6.45) is 2.58. The Morgan fingerprint density at radius 1 is 1.26 bits per heavy atom. The van der Waals surface area contributed by atoms with Gasteiger partial charge in [-0.15, -0.1) is 0 Å². The zero-order valence-corrected chi connectivity index (χ0v) is 10.8. The Bertz CT molecular complexity index is 582. The smallest absolute Gasteiger partial charge is 0.255 e. The number of phenols is 1. The minimum absolute atomic E-state index is 0.0169. The Morgan fingerprint density at radius 3 is 2.79 bits per heavy atom. The highest BCUT2D eigenvalue weighted by Crippen LogP contribution is 2.15. The van der Waals surface area contributed by atoms with Gasteiger partial charge in [0.15, 0.2) is 0 Å². The lowest BCUT2D eigenvalue weighted by molar-refractivity contribution is 0.0947. The molecule has 2 rings (SSSR count). The molecule has 2 N–H and O–H groups in total.